The van der Waals surface area contributed by atoms with Crippen LogP contribution >= 0.6 is 11.8 Å². The molecule has 0 aromatic carbocycles. The summed E-state index contributed by atoms with van der Waals surface area (Å²) in [4.78, 5) is 11.8. The van der Waals surface area contributed by atoms with Gasteiger partial charge in [-0.15, -0.1) is 11.8 Å². The molecule has 0 aromatic heterocycles. The number of esters is 1. The molecule has 17 heavy (non-hydrogen) atoms. The number of allylic oxidation sites excluding steroid dienone is 3. The summed E-state index contributed by atoms with van der Waals surface area (Å²) in [6.45, 7) is 6.54. The van der Waals surface area contributed by atoms with Crippen LogP contribution in [0.1, 0.15) is 33.6 Å². The first-order chi connectivity index (χ1) is 8.15. The summed E-state index contributed by atoms with van der Waals surface area (Å²) in [5.41, 5.74) is 1.34. The van der Waals surface area contributed by atoms with Gasteiger partial charge in [0.1, 0.15) is 5.25 Å². The number of hydrogen-bond donors (Lipinski definition) is 0. The molecule has 0 spiro atoms. The first kappa shape index (κ1) is 14.4. The van der Waals surface area contributed by atoms with Crippen molar-refractivity contribution in [3.05, 3.63) is 23.8 Å². The third-order valence-corrected chi connectivity index (χ3v) is 4.00. The Hall–Kier alpha value is -0.700. The van der Waals surface area contributed by atoms with E-state index in [0.29, 0.717) is 12.5 Å². The van der Waals surface area contributed by atoms with E-state index in [0.717, 1.165) is 18.6 Å². The van der Waals surface area contributed by atoms with Crippen LogP contribution in [0.3, 0.4) is 0 Å². The Labute approximate surface area is 108 Å². The van der Waals surface area contributed by atoms with Gasteiger partial charge in [0.15, 0.2) is 0 Å². The van der Waals surface area contributed by atoms with E-state index in [4.69, 9.17) is 4.74 Å². The largest absolute Gasteiger partial charge is 0.465 e. The number of thioether (sulfide) groups is 1. The van der Waals surface area contributed by atoms with Crippen molar-refractivity contribution in [3.63, 3.8) is 0 Å². The van der Waals surface area contributed by atoms with Crippen molar-refractivity contribution in [2.24, 2.45) is 5.92 Å². The van der Waals surface area contributed by atoms with E-state index in [1.165, 1.54) is 5.57 Å². The lowest BCUT2D eigenvalue weighted by molar-refractivity contribution is -0.143. The molecule has 0 aromatic rings. The topological polar surface area (TPSA) is 26.3 Å². The standard InChI is InChI=1S/C14H22O2S/c1-4-16-14(15)13-12(9-6-10-17-13)8-5-7-11(2)3/h6-7,9,12-13H,4-5,8,10H2,1-3H3. The fourth-order valence-electron chi connectivity index (χ4n) is 1.89. The van der Waals surface area contributed by atoms with E-state index in [-0.39, 0.29) is 11.2 Å². The maximum atomic E-state index is 11.8. The van der Waals surface area contributed by atoms with Gasteiger partial charge in [0, 0.05) is 5.75 Å². The van der Waals surface area contributed by atoms with Gasteiger partial charge in [0.2, 0.25) is 0 Å². The molecule has 0 amide bonds. The maximum absolute atomic E-state index is 11.8. The molecule has 2 atom stereocenters. The highest BCUT2D eigenvalue weighted by Crippen LogP contribution is 2.30. The Bertz CT molecular complexity index is 303. The molecule has 96 valence electrons. The molecular weight excluding hydrogens is 232 g/mol. The number of hydrogen-bond acceptors (Lipinski definition) is 3. The normalized spacial score (nSPS) is 23.2. The molecule has 0 bridgehead atoms. The van der Waals surface area contributed by atoms with Gasteiger partial charge in [-0.25, -0.2) is 0 Å². The van der Waals surface area contributed by atoms with Crippen molar-refractivity contribution in [1.82, 2.24) is 0 Å². The lowest BCUT2D eigenvalue weighted by atomic mass is 9.97. The summed E-state index contributed by atoms with van der Waals surface area (Å²) in [6, 6.07) is 0. The fraction of sp³-hybridized carbons (Fsp3) is 0.643. The van der Waals surface area contributed by atoms with Gasteiger partial charge < -0.3 is 4.74 Å². The molecule has 0 aliphatic carbocycles. The number of carbonyl (C=O) groups is 1. The van der Waals surface area contributed by atoms with Gasteiger partial charge in [0.25, 0.3) is 0 Å². The van der Waals surface area contributed by atoms with E-state index in [2.05, 4.69) is 32.1 Å². The third kappa shape index (κ3) is 4.99. The summed E-state index contributed by atoms with van der Waals surface area (Å²) in [5.74, 6) is 1.19. The summed E-state index contributed by atoms with van der Waals surface area (Å²) in [7, 11) is 0. The molecule has 0 fully saturated rings. The number of ether oxygens (including phenoxy) is 1. The van der Waals surface area contributed by atoms with Crippen LogP contribution in [0.4, 0.5) is 0 Å². The van der Waals surface area contributed by atoms with Gasteiger partial charge in [0.05, 0.1) is 6.61 Å². The number of rotatable bonds is 5. The summed E-state index contributed by atoms with van der Waals surface area (Å²) < 4.78 is 5.13. The second-order valence-corrected chi connectivity index (χ2v) is 5.63. The maximum Gasteiger partial charge on any atom is 0.319 e. The van der Waals surface area contributed by atoms with Gasteiger partial charge in [-0.2, -0.15) is 0 Å². The molecule has 1 heterocycles. The zero-order valence-electron chi connectivity index (χ0n) is 10.9. The van der Waals surface area contributed by atoms with E-state index >= 15 is 0 Å². The van der Waals surface area contributed by atoms with Crippen molar-refractivity contribution in [2.45, 2.75) is 38.9 Å². The first-order valence-corrected chi connectivity index (χ1v) is 7.28. The van der Waals surface area contributed by atoms with E-state index in [9.17, 15) is 4.79 Å². The van der Waals surface area contributed by atoms with Crippen molar-refractivity contribution in [2.75, 3.05) is 12.4 Å². The second kappa shape index (κ2) is 7.59. The molecular formula is C14H22O2S. The zero-order valence-corrected chi connectivity index (χ0v) is 11.8. The molecule has 0 saturated heterocycles. The fourth-order valence-corrected chi connectivity index (χ4v) is 3.00. The van der Waals surface area contributed by atoms with Crippen LogP contribution < -0.4 is 0 Å². The highest BCUT2D eigenvalue weighted by atomic mass is 32.2. The lowest BCUT2D eigenvalue weighted by Gasteiger charge is -2.25. The molecule has 1 rings (SSSR count). The minimum atomic E-state index is -0.0518. The highest BCUT2D eigenvalue weighted by Gasteiger charge is 2.29. The predicted molar refractivity (Wildman–Crippen MR) is 74.2 cm³/mol. The van der Waals surface area contributed by atoms with Gasteiger partial charge >= 0.3 is 5.97 Å². The monoisotopic (exact) mass is 254 g/mol. The minimum absolute atomic E-state index is 0.00878. The minimum Gasteiger partial charge on any atom is -0.465 e. The molecule has 2 nitrogen and oxygen atoms in total. The summed E-state index contributed by atoms with van der Waals surface area (Å²) in [5, 5.41) is -0.00878. The average Bonchev–Trinajstić information content (AvgIpc) is 2.29. The van der Waals surface area contributed by atoms with Crippen LogP contribution in [0.25, 0.3) is 0 Å². The van der Waals surface area contributed by atoms with Crippen LogP contribution in [0.5, 0.6) is 0 Å². The molecule has 3 heteroatoms. The van der Waals surface area contributed by atoms with Gasteiger partial charge in [-0.3, -0.25) is 4.79 Å². The average molecular weight is 254 g/mol. The third-order valence-electron chi connectivity index (χ3n) is 2.72. The van der Waals surface area contributed by atoms with Crippen LogP contribution in [-0.4, -0.2) is 23.6 Å². The first-order valence-electron chi connectivity index (χ1n) is 6.23. The predicted octanol–water partition coefficient (Wildman–Crippen LogP) is 3.58. The van der Waals surface area contributed by atoms with E-state index < -0.39 is 0 Å². The molecule has 0 N–H and O–H groups in total. The molecule has 0 radical (unpaired) electrons. The molecule has 1 aliphatic heterocycles. The van der Waals surface area contributed by atoms with Gasteiger partial charge in [-0.1, -0.05) is 23.8 Å². The van der Waals surface area contributed by atoms with Crippen molar-refractivity contribution < 1.29 is 9.53 Å². The highest BCUT2D eigenvalue weighted by molar-refractivity contribution is 8.00. The van der Waals surface area contributed by atoms with Crippen molar-refractivity contribution >= 4 is 17.7 Å². The Balaban J connectivity index is 2.53. The van der Waals surface area contributed by atoms with Crippen LogP contribution in [0.2, 0.25) is 0 Å². The summed E-state index contributed by atoms with van der Waals surface area (Å²) >= 11 is 1.70. The quantitative estimate of drug-likeness (QED) is 0.554. The second-order valence-electron chi connectivity index (χ2n) is 4.46. The zero-order chi connectivity index (χ0) is 12.7. The molecule has 1 aliphatic rings. The van der Waals surface area contributed by atoms with Crippen molar-refractivity contribution in [3.8, 4) is 0 Å². The smallest absolute Gasteiger partial charge is 0.319 e. The lowest BCUT2D eigenvalue weighted by Crippen LogP contribution is -2.29. The van der Waals surface area contributed by atoms with E-state index in [1.807, 2.05) is 6.92 Å². The van der Waals surface area contributed by atoms with Crippen LogP contribution in [-0.2, 0) is 9.53 Å². The SMILES string of the molecule is CCOC(=O)C1SCC=CC1CCC=C(C)C. The van der Waals surface area contributed by atoms with Crippen LogP contribution in [0, 0.1) is 5.92 Å². The van der Waals surface area contributed by atoms with E-state index in [1.54, 1.807) is 11.8 Å². The number of carbonyl (C=O) groups excluding carboxylic acids is 1. The molecule has 0 saturated carbocycles. The van der Waals surface area contributed by atoms with Crippen LogP contribution in [0.15, 0.2) is 23.8 Å². The molecule has 2 unspecified atom stereocenters. The Morgan fingerprint density at radius 1 is 1.53 bits per heavy atom. The van der Waals surface area contributed by atoms with Gasteiger partial charge in [-0.05, 0) is 39.5 Å². The Morgan fingerprint density at radius 2 is 2.29 bits per heavy atom. The summed E-state index contributed by atoms with van der Waals surface area (Å²) in [6.07, 6.45) is 8.63. The Morgan fingerprint density at radius 3 is 2.94 bits per heavy atom. The Kier molecular flexibility index (Phi) is 6.41. The van der Waals surface area contributed by atoms with Crippen molar-refractivity contribution in [1.29, 1.82) is 0 Å².